The lowest BCUT2D eigenvalue weighted by atomic mass is 10.1. The number of halogens is 3. The summed E-state index contributed by atoms with van der Waals surface area (Å²) in [7, 11) is 0. The van der Waals surface area contributed by atoms with E-state index in [4.69, 9.17) is 34.8 Å². The Hall–Kier alpha value is -1.49. The van der Waals surface area contributed by atoms with E-state index in [1.807, 2.05) is 0 Å². The molecule has 0 bridgehead atoms. The third kappa shape index (κ3) is 2.98. The zero-order valence-corrected chi connectivity index (χ0v) is 12.3. The Morgan fingerprint density at radius 2 is 1.50 bits per heavy atom. The molecule has 0 spiro atoms. The van der Waals surface area contributed by atoms with Crippen LogP contribution in [0.25, 0.3) is 0 Å². The maximum atomic E-state index is 9.69. The lowest BCUT2D eigenvalue weighted by molar-refractivity contribution is 0.365. The van der Waals surface area contributed by atoms with Crippen molar-refractivity contribution >= 4 is 40.5 Å². The zero-order valence-electron chi connectivity index (χ0n) is 9.99. The van der Waals surface area contributed by atoms with Crippen molar-refractivity contribution < 1.29 is 15.3 Å². The van der Waals surface area contributed by atoms with E-state index in [9.17, 15) is 15.3 Å². The van der Waals surface area contributed by atoms with Gasteiger partial charge < -0.3 is 20.6 Å². The Bertz CT molecular complexity index is 660. The molecule has 0 aliphatic carbocycles. The van der Waals surface area contributed by atoms with Crippen LogP contribution in [0.1, 0.15) is 5.56 Å². The number of hydrogen-bond donors (Lipinski definition) is 4. The summed E-state index contributed by atoms with van der Waals surface area (Å²) in [6.07, 6.45) is 0. The van der Waals surface area contributed by atoms with Gasteiger partial charge >= 0.3 is 0 Å². The van der Waals surface area contributed by atoms with E-state index >= 15 is 0 Å². The first-order valence-corrected chi connectivity index (χ1v) is 6.64. The normalized spacial score (nSPS) is 10.6. The number of nitrogens with one attached hydrogen (secondary N) is 1. The first kappa shape index (κ1) is 14.9. The largest absolute Gasteiger partial charge is 0.504 e. The summed E-state index contributed by atoms with van der Waals surface area (Å²) in [5.41, 5.74) is 0.926. The van der Waals surface area contributed by atoms with Crippen LogP contribution in [-0.2, 0) is 6.54 Å². The Morgan fingerprint density at radius 1 is 0.850 bits per heavy atom. The highest BCUT2D eigenvalue weighted by Gasteiger charge is 2.12. The zero-order chi connectivity index (χ0) is 14.9. The highest BCUT2D eigenvalue weighted by atomic mass is 35.5. The van der Waals surface area contributed by atoms with Crippen LogP contribution in [0.4, 0.5) is 5.69 Å². The summed E-state index contributed by atoms with van der Waals surface area (Å²) in [6.45, 7) is 0.178. The van der Waals surface area contributed by atoms with E-state index in [0.717, 1.165) is 0 Å². The van der Waals surface area contributed by atoms with Crippen molar-refractivity contribution in [1.29, 1.82) is 0 Å². The van der Waals surface area contributed by atoms with Gasteiger partial charge in [-0.1, -0.05) is 34.8 Å². The molecule has 0 atom stereocenters. The molecule has 0 fully saturated rings. The Labute approximate surface area is 130 Å². The fourth-order valence-corrected chi connectivity index (χ4v) is 2.22. The molecular formula is C13H10Cl3NO3. The van der Waals surface area contributed by atoms with E-state index in [-0.39, 0.29) is 12.3 Å². The van der Waals surface area contributed by atoms with Crippen LogP contribution >= 0.6 is 34.8 Å². The monoisotopic (exact) mass is 333 g/mol. The molecule has 2 aromatic rings. The molecule has 0 saturated carbocycles. The SMILES string of the molecule is Oc1ccc(CNc2cc(Cl)c(Cl)cc2Cl)c(O)c1O. The lowest BCUT2D eigenvalue weighted by Gasteiger charge is -2.12. The summed E-state index contributed by atoms with van der Waals surface area (Å²) in [5.74, 6) is -1.35. The number of rotatable bonds is 3. The van der Waals surface area contributed by atoms with Gasteiger partial charge in [-0.2, -0.15) is 0 Å². The maximum absolute atomic E-state index is 9.69. The van der Waals surface area contributed by atoms with E-state index in [0.29, 0.717) is 26.3 Å². The number of phenolic OH excluding ortho intramolecular Hbond substituents is 3. The van der Waals surface area contributed by atoms with E-state index in [2.05, 4.69) is 5.32 Å². The average Bonchev–Trinajstić information content (AvgIpc) is 2.40. The van der Waals surface area contributed by atoms with Crippen molar-refractivity contribution in [2.45, 2.75) is 6.54 Å². The third-order valence-corrected chi connectivity index (χ3v) is 3.73. The molecule has 0 radical (unpaired) electrons. The number of phenols is 3. The number of aromatic hydroxyl groups is 3. The molecule has 7 heteroatoms. The van der Waals surface area contributed by atoms with Crippen molar-refractivity contribution in [3.8, 4) is 17.2 Å². The number of anilines is 1. The van der Waals surface area contributed by atoms with Crippen LogP contribution in [0.5, 0.6) is 17.2 Å². The molecule has 2 aromatic carbocycles. The number of hydrogen-bond acceptors (Lipinski definition) is 4. The van der Waals surface area contributed by atoms with Gasteiger partial charge in [0.2, 0.25) is 5.75 Å². The van der Waals surface area contributed by atoms with E-state index in [1.54, 1.807) is 6.07 Å². The van der Waals surface area contributed by atoms with Crippen molar-refractivity contribution in [2.75, 3.05) is 5.32 Å². The molecule has 0 aliphatic rings. The predicted octanol–water partition coefficient (Wildman–Crippen LogP) is 4.38. The van der Waals surface area contributed by atoms with Crippen molar-refractivity contribution in [3.05, 3.63) is 44.9 Å². The van der Waals surface area contributed by atoms with Gasteiger partial charge in [0, 0.05) is 12.1 Å². The van der Waals surface area contributed by atoms with Gasteiger partial charge in [-0.05, 0) is 24.3 Å². The molecule has 0 saturated heterocycles. The Kier molecular flexibility index (Phi) is 4.38. The smallest absolute Gasteiger partial charge is 0.200 e. The van der Waals surface area contributed by atoms with Crippen LogP contribution in [-0.4, -0.2) is 15.3 Å². The molecule has 0 aromatic heterocycles. The van der Waals surface area contributed by atoms with Gasteiger partial charge in [0.05, 0.1) is 20.8 Å². The fraction of sp³-hybridized carbons (Fsp3) is 0.0769. The third-order valence-electron chi connectivity index (χ3n) is 2.69. The highest BCUT2D eigenvalue weighted by Crippen LogP contribution is 2.38. The quantitative estimate of drug-likeness (QED) is 0.496. The number of benzene rings is 2. The van der Waals surface area contributed by atoms with E-state index in [1.165, 1.54) is 18.2 Å². The summed E-state index contributed by atoms with van der Waals surface area (Å²) in [6, 6.07) is 5.82. The first-order valence-electron chi connectivity index (χ1n) is 5.51. The summed E-state index contributed by atoms with van der Waals surface area (Å²) >= 11 is 17.7. The first-order chi connectivity index (χ1) is 9.40. The molecule has 0 heterocycles. The maximum Gasteiger partial charge on any atom is 0.200 e. The van der Waals surface area contributed by atoms with Crippen molar-refractivity contribution in [1.82, 2.24) is 0 Å². The van der Waals surface area contributed by atoms with Crippen LogP contribution in [0.3, 0.4) is 0 Å². The second kappa shape index (κ2) is 5.87. The fourth-order valence-electron chi connectivity index (χ4n) is 1.60. The highest BCUT2D eigenvalue weighted by molar-refractivity contribution is 6.44. The molecule has 106 valence electrons. The van der Waals surface area contributed by atoms with Gasteiger partial charge in [0.1, 0.15) is 0 Å². The second-order valence-electron chi connectivity index (χ2n) is 4.04. The van der Waals surface area contributed by atoms with Crippen molar-refractivity contribution in [3.63, 3.8) is 0 Å². The molecule has 4 nitrogen and oxygen atoms in total. The Morgan fingerprint density at radius 3 is 2.20 bits per heavy atom. The van der Waals surface area contributed by atoms with Crippen molar-refractivity contribution in [2.24, 2.45) is 0 Å². The van der Waals surface area contributed by atoms with Gasteiger partial charge in [0.15, 0.2) is 11.5 Å². The standard InChI is InChI=1S/C13H10Cl3NO3/c14-7-3-9(16)10(4-8(7)15)17-5-6-1-2-11(18)13(20)12(6)19/h1-4,17-20H,5H2. The topological polar surface area (TPSA) is 72.7 Å². The molecule has 0 unspecified atom stereocenters. The molecule has 4 N–H and O–H groups in total. The van der Waals surface area contributed by atoms with Crippen LogP contribution in [0.2, 0.25) is 15.1 Å². The molecule has 20 heavy (non-hydrogen) atoms. The molecule has 2 rings (SSSR count). The predicted molar refractivity (Wildman–Crippen MR) is 80.2 cm³/mol. The second-order valence-corrected chi connectivity index (χ2v) is 5.26. The summed E-state index contributed by atoms with van der Waals surface area (Å²) < 4.78 is 0. The van der Waals surface area contributed by atoms with Crippen LogP contribution in [0, 0.1) is 0 Å². The average molecular weight is 335 g/mol. The van der Waals surface area contributed by atoms with Gasteiger partial charge in [0.25, 0.3) is 0 Å². The summed E-state index contributed by atoms with van der Waals surface area (Å²) in [4.78, 5) is 0. The molecule has 0 amide bonds. The lowest BCUT2D eigenvalue weighted by Crippen LogP contribution is -2.00. The van der Waals surface area contributed by atoms with Crippen LogP contribution < -0.4 is 5.32 Å². The minimum absolute atomic E-state index is 0.178. The minimum atomic E-state index is -0.565. The van der Waals surface area contributed by atoms with Gasteiger partial charge in [-0.3, -0.25) is 0 Å². The minimum Gasteiger partial charge on any atom is -0.504 e. The summed E-state index contributed by atoms with van der Waals surface area (Å²) in [5, 5.41) is 32.4. The molecule has 0 aliphatic heterocycles. The molecular weight excluding hydrogens is 325 g/mol. The Balaban J connectivity index is 2.21. The van der Waals surface area contributed by atoms with Gasteiger partial charge in [-0.25, -0.2) is 0 Å². The van der Waals surface area contributed by atoms with E-state index < -0.39 is 11.5 Å². The van der Waals surface area contributed by atoms with Crippen LogP contribution in [0.15, 0.2) is 24.3 Å². The van der Waals surface area contributed by atoms with Gasteiger partial charge in [-0.15, -0.1) is 0 Å².